The number of hydrogen-bond acceptors (Lipinski definition) is 5. The molecule has 3 rings (SSSR count). The normalized spacial score (nSPS) is 17.1. The number of aliphatic hydroxyl groups is 1. The standard InChI is InChI=1S/C18H19FO5/c19-11-8-12-14(21)10-16(24-17(12)15(22)9-11)13(20)4-7-18(23)5-2-1-3-6-18/h8-10,22-23H,1-7H2. The van der Waals surface area contributed by atoms with E-state index >= 15 is 0 Å². The summed E-state index contributed by atoms with van der Waals surface area (Å²) in [5, 5.41) is 20.1. The molecule has 1 fully saturated rings. The Labute approximate surface area is 137 Å². The quantitative estimate of drug-likeness (QED) is 0.838. The van der Waals surface area contributed by atoms with Gasteiger partial charge in [0.1, 0.15) is 5.82 Å². The Morgan fingerprint density at radius 2 is 1.92 bits per heavy atom. The summed E-state index contributed by atoms with van der Waals surface area (Å²) in [6.45, 7) is 0. The first-order chi connectivity index (χ1) is 11.4. The van der Waals surface area contributed by atoms with Gasteiger partial charge in [0.15, 0.2) is 28.3 Å². The smallest absolute Gasteiger partial charge is 0.198 e. The van der Waals surface area contributed by atoms with Gasteiger partial charge >= 0.3 is 0 Å². The van der Waals surface area contributed by atoms with Crippen LogP contribution >= 0.6 is 0 Å². The molecule has 1 aliphatic carbocycles. The predicted molar refractivity (Wildman–Crippen MR) is 85.7 cm³/mol. The van der Waals surface area contributed by atoms with Crippen molar-refractivity contribution in [3.05, 3.63) is 40.0 Å². The minimum absolute atomic E-state index is 0.0485. The highest BCUT2D eigenvalue weighted by Gasteiger charge is 2.30. The Hall–Kier alpha value is -2.21. The van der Waals surface area contributed by atoms with Crippen molar-refractivity contribution in [2.45, 2.75) is 50.5 Å². The van der Waals surface area contributed by atoms with Crippen molar-refractivity contribution in [2.75, 3.05) is 0 Å². The maximum Gasteiger partial charge on any atom is 0.198 e. The number of Topliss-reactive ketones (excluding diaryl/α,β-unsaturated/α-hetero) is 1. The molecule has 0 atom stereocenters. The Morgan fingerprint density at radius 1 is 1.21 bits per heavy atom. The van der Waals surface area contributed by atoms with Crippen LogP contribution in [0.2, 0.25) is 0 Å². The van der Waals surface area contributed by atoms with Gasteiger partial charge in [0, 0.05) is 18.6 Å². The lowest BCUT2D eigenvalue weighted by Crippen LogP contribution is -2.31. The van der Waals surface area contributed by atoms with Gasteiger partial charge in [0.05, 0.1) is 11.0 Å². The number of carbonyl (C=O) groups is 1. The van der Waals surface area contributed by atoms with E-state index in [0.29, 0.717) is 19.3 Å². The first-order valence-corrected chi connectivity index (χ1v) is 8.10. The first kappa shape index (κ1) is 16.6. The summed E-state index contributed by atoms with van der Waals surface area (Å²) in [4.78, 5) is 24.3. The lowest BCUT2D eigenvalue weighted by molar-refractivity contribution is -0.00471. The van der Waals surface area contributed by atoms with Crippen molar-refractivity contribution in [3.8, 4) is 5.75 Å². The summed E-state index contributed by atoms with van der Waals surface area (Å²) in [6.07, 6.45) is 4.66. The molecule has 0 bridgehead atoms. The summed E-state index contributed by atoms with van der Waals surface area (Å²) in [5.74, 6) is -1.89. The lowest BCUT2D eigenvalue weighted by atomic mass is 9.81. The molecule has 5 nitrogen and oxygen atoms in total. The molecule has 0 unspecified atom stereocenters. The molecule has 1 aromatic carbocycles. The SMILES string of the molecule is O=C(CCC1(O)CCCCC1)c1cc(=O)c2cc(F)cc(O)c2o1. The van der Waals surface area contributed by atoms with E-state index in [0.717, 1.165) is 37.5 Å². The summed E-state index contributed by atoms with van der Waals surface area (Å²) in [6, 6.07) is 2.79. The number of phenolic OH excluding ortho intramolecular Hbond substituents is 1. The summed E-state index contributed by atoms with van der Waals surface area (Å²) in [5.41, 5.74) is -1.63. The third-order valence-electron chi connectivity index (χ3n) is 4.65. The zero-order chi connectivity index (χ0) is 17.3. The zero-order valence-corrected chi connectivity index (χ0v) is 13.2. The van der Waals surface area contributed by atoms with E-state index < -0.39 is 28.4 Å². The van der Waals surface area contributed by atoms with Crippen LogP contribution in [0.4, 0.5) is 4.39 Å². The van der Waals surface area contributed by atoms with Gasteiger partial charge in [-0.25, -0.2) is 4.39 Å². The monoisotopic (exact) mass is 334 g/mol. The van der Waals surface area contributed by atoms with Gasteiger partial charge in [0.2, 0.25) is 0 Å². The number of fused-ring (bicyclic) bond motifs is 1. The minimum Gasteiger partial charge on any atom is -0.504 e. The van der Waals surface area contributed by atoms with Gasteiger partial charge in [0.25, 0.3) is 0 Å². The molecule has 0 radical (unpaired) electrons. The number of phenols is 1. The molecule has 1 aromatic heterocycles. The number of ketones is 1. The Balaban J connectivity index is 1.84. The van der Waals surface area contributed by atoms with Crippen molar-refractivity contribution in [1.82, 2.24) is 0 Å². The highest BCUT2D eigenvalue weighted by molar-refractivity contribution is 5.95. The van der Waals surface area contributed by atoms with Crippen LogP contribution in [0.3, 0.4) is 0 Å². The van der Waals surface area contributed by atoms with Crippen molar-refractivity contribution >= 4 is 16.8 Å². The fraction of sp³-hybridized carbons (Fsp3) is 0.444. The predicted octanol–water partition coefficient (Wildman–Crippen LogP) is 3.30. The second-order valence-corrected chi connectivity index (χ2v) is 6.48. The van der Waals surface area contributed by atoms with E-state index in [1.54, 1.807) is 0 Å². The molecule has 1 aliphatic rings. The number of carbonyl (C=O) groups excluding carboxylic acids is 1. The average Bonchev–Trinajstić information content (AvgIpc) is 2.54. The molecule has 2 N–H and O–H groups in total. The number of hydrogen-bond donors (Lipinski definition) is 2. The van der Waals surface area contributed by atoms with Crippen molar-refractivity contribution in [2.24, 2.45) is 0 Å². The van der Waals surface area contributed by atoms with Crippen LogP contribution in [0.1, 0.15) is 55.5 Å². The van der Waals surface area contributed by atoms with Crippen molar-refractivity contribution < 1.29 is 23.8 Å². The second-order valence-electron chi connectivity index (χ2n) is 6.48. The molecular formula is C18H19FO5. The van der Waals surface area contributed by atoms with Gasteiger partial charge in [-0.05, 0) is 25.3 Å². The number of rotatable bonds is 4. The van der Waals surface area contributed by atoms with Crippen LogP contribution in [0, 0.1) is 5.82 Å². The molecular weight excluding hydrogens is 315 g/mol. The molecule has 1 saturated carbocycles. The fourth-order valence-corrected chi connectivity index (χ4v) is 3.27. The number of halogens is 1. The highest BCUT2D eigenvalue weighted by atomic mass is 19.1. The third-order valence-corrected chi connectivity index (χ3v) is 4.65. The lowest BCUT2D eigenvalue weighted by Gasteiger charge is -2.31. The summed E-state index contributed by atoms with van der Waals surface area (Å²) < 4.78 is 18.6. The van der Waals surface area contributed by atoms with E-state index in [1.807, 2.05) is 0 Å². The highest BCUT2D eigenvalue weighted by Crippen LogP contribution is 2.32. The zero-order valence-electron chi connectivity index (χ0n) is 13.2. The van der Waals surface area contributed by atoms with E-state index in [9.17, 15) is 24.2 Å². The van der Waals surface area contributed by atoms with Gasteiger partial charge in [-0.15, -0.1) is 0 Å². The van der Waals surface area contributed by atoms with E-state index in [2.05, 4.69) is 0 Å². The molecule has 128 valence electrons. The van der Waals surface area contributed by atoms with E-state index in [4.69, 9.17) is 4.42 Å². The van der Waals surface area contributed by atoms with Gasteiger partial charge in [-0.1, -0.05) is 19.3 Å². The number of benzene rings is 1. The molecule has 0 aliphatic heterocycles. The fourth-order valence-electron chi connectivity index (χ4n) is 3.27. The van der Waals surface area contributed by atoms with Gasteiger partial charge < -0.3 is 14.6 Å². The maximum atomic E-state index is 13.3. The van der Waals surface area contributed by atoms with Crippen molar-refractivity contribution in [3.63, 3.8) is 0 Å². The molecule has 1 heterocycles. The van der Waals surface area contributed by atoms with Crippen LogP contribution in [-0.2, 0) is 0 Å². The first-order valence-electron chi connectivity index (χ1n) is 8.10. The Bertz CT molecular complexity index is 833. The largest absolute Gasteiger partial charge is 0.504 e. The number of aromatic hydroxyl groups is 1. The Morgan fingerprint density at radius 3 is 2.62 bits per heavy atom. The van der Waals surface area contributed by atoms with Crippen molar-refractivity contribution in [1.29, 1.82) is 0 Å². The van der Waals surface area contributed by atoms with E-state index in [-0.39, 0.29) is 23.2 Å². The van der Waals surface area contributed by atoms with Crippen LogP contribution in [-0.4, -0.2) is 21.6 Å². The average molecular weight is 334 g/mol. The maximum absolute atomic E-state index is 13.3. The molecule has 2 aromatic rings. The molecule has 6 heteroatoms. The molecule has 0 amide bonds. The van der Waals surface area contributed by atoms with Crippen LogP contribution < -0.4 is 5.43 Å². The minimum atomic E-state index is -0.837. The van der Waals surface area contributed by atoms with Gasteiger partial charge in [-0.3, -0.25) is 9.59 Å². The summed E-state index contributed by atoms with van der Waals surface area (Å²) in [7, 11) is 0. The van der Waals surface area contributed by atoms with Gasteiger partial charge in [-0.2, -0.15) is 0 Å². The summed E-state index contributed by atoms with van der Waals surface area (Å²) >= 11 is 0. The third kappa shape index (κ3) is 3.33. The molecule has 0 spiro atoms. The van der Waals surface area contributed by atoms with E-state index in [1.165, 1.54) is 0 Å². The van der Waals surface area contributed by atoms with Crippen LogP contribution in [0.25, 0.3) is 11.0 Å². The topological polar surface area (TPSA) is 87.7 Å². The molecule has 24 heavy (non-hydrogen) atoms. The van der Waals surface area contributed by atoms with Crippen LogP contribution in [0.5, 0.6) is 5.75 Å². The Kier molecular flexibility index (Phi) is 4.41. The van der Waals surface area contributed by atoms with Crippen LogP contribution in [0.15, 0.2) is 27.4 Å². The second kappa shape index (κ2) is 6.36. The molecule has 0 saturated heterocycles.